The molecule has 1 aromatic carbocycles. The number of ether oxygens (including phenoxy) is 2. The SMILES string of the molecule is Fc1ccc(-c2nc([C@@H]3CCO[C@@H](c4cnn(C5CC5)c4)C3)cc3nc4c(nc23)COC4)c(F)c1. The van der Waals surface area contributed by atoms with Crippen LogP contribution < -0.4 is 0 Å². The first kappa shape index (κ1) is 21.0. The Morgan fingerprint density at radius 2 is 1.83 bits per heavy atom. The maximum atomic E-state index is 14.9. The van der Waals surface area contributed by atoms with Crippen LogP contribution in [0.25, 0.3) is 22.3 Å². The minimum Gasteiger partial charge on any atom is -0.373 e. The van der Waals surface area contributed by atoms with Crippen molar-refractivity contribution in [2.75, 3.05) is 6.61 Å². The molecule has 5 heterocycles. The second kappa shape index (κ2) is 8.13. The molecule has 35 heavy (non-hydrogen) atoms. The van der Waals surface area contributed by atoms with Crippen molar-refractivity contribution in [3.05, 3.63) is 70.9 Å². The molecule has 1 saturated heterocycles. The van der Waals surface area contributed by atoms with Crippen LogP contribution in [0.2, 0.25) is 0 Å². The van der Waals surface area contributed by atoms with Crippen molar-refractivity contribution < 1.29 is 18.3 Å². The van der Waals surface area contributed by atoms with Crippen molar-refractivity contribution in [1.82, 2.24) is 24.7 Å². The Hall–Kier alpha value is -3.30. The van der Waals surface area contributed by atoms with Crippen molar-refractivity contribution >= 4 is 11.0 Å². The van der Waals surface area contributed by atoms with Gasteiger partial charge in [-0.2, -0.15) is 5.10 Å². The minimum absolute atomic E-state index is 0.0794. The van der Waals surface area contributed by atoms with Crippen LogP contribution >= 0.6 is 0 Å². The molecule has 9 heteroatoms. The van der Waals surface area contributed by atoms with Gasteiger partial charge in [0.05, 0.1) is 48.5 Å². The third-order valence-corrected chi connectivity index (χ3v) is 7.11. The normalized spacial score (nSPS) is 22.0. The largest absolute Gasteiger partial charge is 0.373 e. The van der Waals surface area contributed by atoms with Gasteiger partial charge in [0, 0.05) is 41.6 Å². The van der Waals surface area contributed by atoms with Crippen LogP contribution in [0.15, 0.2) is 36.7 Å². The molecule has 178 valence electrons. The van der Waals surface area contributed by atoms with Crippen LogP contribution in [0.3, 0.4) is 0 Å². The highest BCUT2D eigenvalue weighted by atomic mass is 19.1. The Morgan fingerprint density at radius 3 is 2.66 bits per heavy atom. The smallest absolute Gasteiger partial charge is 0.135 e. The highest BCUT2D eigenvalue weighted by Gasteiger charge is 2.31. The summed E-state index contributed by atoms with van der Waals surface area (Å²) in [5, 5.41) is 4.51. The van der Waals surface area contributed by atoms with Gasteiger partial charge >= 0.3 is 0 Å². The number of pyridine rings is 1. The molecule has 0 radical (unpaired) electrons. The van der Waals surface area contributed by atoms with Gasteiger partial charge in [-0.25, -0.2) is 23.7 Å². The summed E-state index contributed by atoms with van der Waals surface area (Å²) in [6, 6.07) is 6.00. The van der Waals surface area contributed by atoms with Gasteiger partial charge in [-0.15, -0.1) is 0 Å². The van der Waals surface area contributed by atoms with Crippen LogP contribution in [0.5, 0.6) is 0 Å². The summed E-state index contributed by atoms with van der Waals surface area (Å²) in [7, 11) is 0. The molecule has 2 fully saturated rings. The summed E-state index contributed by atoms with van der Waals surface area (Å²) >= 11 is 0. The molecule has 3 aromatic heterocycles. The summed E-state index contributed by atoms with van der Waals surface area (Å²) in [5.41, 5.74) is 5.13. The lowest BCUT2D eigenvalue weighted by molar-refractivity contribution is 0.00462. The van der Waals surface area contributed by atoms with E-state index in [-0.39, 0.29) is 17.6 Å². The lowest BCUT2D eigenvalue weighted by Gasteiger charge is -2.29. The Bertz CT molecular complexity index is 1450. The Balaban J connectivity index is 1.30. The highest BCUT2D eigenvalue weighted by Crippen LogP contribution is 2.40. The first-order valence-corrected chi connectivity index (χ1v) is 12.0. The zero-order valence-electron chi connectivity index (χ0n) is 19.0. The summed E-state index contributed by atoms with van der Waals surface area (Å²) < 4.78 is 42.2. The number of rotatable bonds is 4. The maximum Gasteiger partial charge on any atom is 0.135 e. The number of hydrogen-bond acceptors (Lipinski definition) is 6. The molecular formula is C26H23F2N5O2. The zero-order chi connectivity index (χ0) is 23.5. The fourth-order valence-corrected chi connectivity index (χ4v) is 5.06. The van der Waals surface area contributed by atoms with E-state index in [1.807, 2.05) is 16.9 Å². The second-order valence-corrected chi connectivity index (χ2v) is 9.56. The van der Waals surface area contributed by atoms with Crippen molar-refractivity contribution in [3.8, 4) is 11.3 Å². The molecule has 0 N–H and O–H groups in total. The van der Waals surface area contributed by atoms with E-state index in [1.165, 1.54) is 25.0 Å². The topological polar surface area (TPSA) is 75.0 Å². The van der Waals surface area contributed by atoms with E-state index in [2.05, 4.69) is 11.3 Å². The van der Waals surface area contributed by atoms with E-state index in [0.717, 1.165) is 41.6 Å². The number of fused-ring (bicyclic) bond motifs is 2. The maximum absolute atomic E-state index is 14.9. The Kier molecular flexibility index (Phi) is 4.89. The van der Waals surface area contributed by atoms with E-state index >= 15 is 0 Å². The lowest BCUT2D eigenvalue weighted by Crippen LogP contribution is -2.19. The molecule has 0 unspecified atom stereocenters. The molecule has 4 aromatic rings. The molecule has 3 aliphatic rings. The molecule has 1 saturated carbocycles. The van der Waals surface area contributed by atoms with Gasteiger partial charge in [-0.3, -0.25) is 4.68 Å². The van der Waals surface area contributed by atoms with Gasteiger partial charge in [0.1, 0.15) is 22.8 Å². The van der Waals surface area contributed by atoms with E-state index in [0.29, 0.717) is 42.6 Å². The molecule has 0 bridgehead atoms. The van der Waals surface area contributed by atoms with E-state index in [4.69, 9.17) is 24.4 Å². The van der Waals surface area contributed by atoms with Crippen LogP contribution in [0, 0.1) is 11.6 Å². The quantitative estimate of drug-likeness (QED) is 0.406. The molecular weight excluding hydrogens is 452 g/mol. The van der Waals surface area contributed by atoms with Crippen molar-refractivity contribution in [2.45, 2.75) is 57.0 Å². The van der Waals surface area contributed by atoms with Crippen molar-refractivity contribution in [2.24, 2.45) is 0 Å². The number of nitrogens with zero attached hydrogens (tertiary/aromatic N) is 5. The fraction of sp³-hybridized carbons (Fsp3) is 0.385. The van der Waals surface area contributed by atoms with Gasteiger partial charge in [0.2, 0.25) is 0 Å². The third-order valence-electron chi connectivity index (χ3n) is 7.11. The molecule has 1 aliphatic carbocycles. The zero-order valence-corrected chi connectivity index (χ0v) is 19.0. The number of benzene rings is 1. The summed E-state index contributed by atoms with van der Waals surface area (Å²) in [6.45, 7) is 1.36. The highest BCUT2D eigenvalue weighted by molar-refractivity contribution is 5.89. The van der Waals surface area contributed by atoms with Gasteiger partial charge in [-0.05, 0) is 43.9 Å². The molecule has 0 amide bonds. The first-order chi connectivity index (χ1) is 17.1. The second-order valence-electron chi connectivity index (χ2n) is 9.56. The minimum atomic E-state index is -0.674. The van der Waals surface area contributed by atoms with Gasteiger partial charge in [0.25, 0.3) is 0 Å². The van der Waals surface area contributed by atoms with E-state index in [9.17, 15) is 8.78 Å². The van der Waals surface area contributed by atoms with E-state index in [1.54, 1.807) is 0 Å². The van der Waals surface area contributed by atoms with Gasteiger partial charge in [0.15, 0.2) is 0 Å². The van der Waals surface area contributed by atoms with Gasteiger partial charge in [-0.1, -0.05) is 0 Å². The predicted octanol–water partition coefficient (Wildman–Crippen LogP) is 5.17. The number of hydrogen-bond donors (Lipinski definition) is 0. The van der Waals surface area contributed by atoms with Crippen molar-refractivity contribution in [1.29, 1.82) is 0 Å². The average molecular weight is 475 g/mol. The molecule has 0 spiro atoms. The summed E-state index contributed by atoms with van der Waals surface area (Å²) in [5.74, 6) is -1.21. The van der Waals surface area contributed by atoms with Crippen molar-refractivity contribution in [3.63, 3.8) is 0 Å². The molecule has 7 nitrogen and oxygen atoms in total. The molecule has 7 rings (SSSR count). The average Bonchev–Trinajstić information content (AvgIpc) is 3.41. The lowest BCUT2D eigenvalue weighted by atomic mass is 9.89. The monoisotopic (exact) mass is 475 g/mol. The predicted molar refractivity (Wildman–Crippen MR) is 122 cm³/mol. The van der Waals surface area contributed by atoms with Crippen LogP contribution in [-0.2, 0) is 22.7 Å². The fourth-order valence-electron chi connectivity index (χ4n) is 5.06. The van der Waals surface area contributed by atoms with Gasteiger partial charge < -0.3 is 9.47 Å². The standard InChI is InChI=1S/C26H23F2N5O2/c27-16-1-4-18(19(28)8-16)25-26-21(30-22-12-34-13-23(22)32-26)9-20(31-25)14-5-6-35-24(7-14)15-10-29-33(11-15)17-2-3-17/h1,4,8-11,14,17,24H,2-3,5-7,12-13H2/t14-,24-/m1/s1. The van der Waals surface area contributed by atoms with Crippen LogP contribution in [0.1, 0.15) is 66.4 Å². The molecule has 2 aliphatic heterocycles. The Morgan fingerprint density at radius 1 is 0.971 bits per heavy atom. The van der Waals surface area contributed by atoms with Crippen LogP contribution in [0.4, 0.5) is 8.78 Å². The first-order valence-electron chi connectivity index (χ1n) is 12.0. The number of aromatic nitrogens is 5. The van der Waals surface area contributed by atoms with Crippen LogP contribution in [-0.4, -0.2) is 31.3 Å². The third kappa shape index (κ3) is 3.79. The summed E-state index contributed by atoms with van der Waals surface area (Å²) in [4.78, 5) is 14.4. The Labute approximate surface area is 200 Å². The van der Waals surface area contributed by atoms with E-state index < -0.39 is 11.6 Å². The molecule has 2 atom stereocenters. The summed E-state index contributed by atoms with van der Waals surface area (Å²) in [6.07, 6.45) is 7.79. The number of halogens is 2.